The zero-order valence-corrected chi connectivity index (χ0v) is 25.8. The molecule has 0 aromatic heterocycles. The van der Waals surface area contributed by atoms with E-state index in [1.165, 1.54) is 0 Å². The zero-order chi connectivity index (χ0) is 28.2. The van der Waals surface area contributed by atoms with Crippen molar-refractivity contribution in [2.45, 2.75) is 103 Å². The third-order valence-corrected chi connectivity index (χ3v) is 12.0. The molecule has 0 aliphatic carbocycles. The molecule has 0 saturated carbocycles. The molecule has 2 amide bonds. The van der Waals surface area contributed by atoms with Crippen molar-refractivity contribution in [2.24, 2.45) is 5.73 Å². The van der Waals surface area contributed by atoms with E-state index in [-0.39, 0.29) is 35.7 Å². The molecule has 4 atom stereocenters. The van der Waals surface area contributed by atoms with Gasteiger partial charge in [-0.05, 0) is 63.0 Å². The van der Waals surface area contributed by atoms with E-state index in [1.807, 2.05) is 13.1 Å². The molecule has 2 heterocycles. The monoisotopic (exact) mass is 558 g/mol. The molecule has 11 heteroatoms. The quantitative estimate of drug-likeness (QED) is 0.173. The second kappa shape index (κ2) is 16.3. The molecule has 1 saturated heterocycles. The van der Waals surface area contributed by atoms with Crippen LogP contribution in [0, 0.1) is 0 Å². The minimum absolute atomic E-state index is 0.00307. The van der Waals surface area contributed by atoms with E-state index in [2.05, 4.69) is 51.4 Å². The van der Waals surface area contributed by atoms with Gasteiger partial charge in [-0.25, -0.2) is 4.79 Å². The predicted octanol–water partition coefficient (Wildman–Crippen LogP) is 3.54. The predicted molar refractivity (Wildman–Crippen MR) is 152 cm³/mol. The summed E-state index contributed by atoms with van der Waals surface area (Å²) >= 11 is 0. The van der Waals surface area contributed by atoms with Gasteiger partial charge in [0, 0.05) is 25.8 Å². The maximum Gasteiger partial charge on any atom is 0.325 e. The summed E-state index contributed by atoms with van der Waals surface area (Å²) in [6.07, 6.45) is 4.63. The van der Waals surface area contributed by atoms with Gasteiger partial charge < -0.3 is 34.4 Å². The van der Waals surface area contributed by atoms with Gasteiger partial charge in [-0.1, -0.05) is 27.7 Å². The van der Waals surface area contributed by atoms with Crippen LogP contribution in [-0.4, -0.2) is 96.6 Å². The Balaban J connectivity index is 1.69. The van der Waals surface area contributed by atoms with E-state index in [0.29, 0.717) is 52.6 Å². The molecule has 0 bridgehead atoms. The normalized spacial score (nSPS) is 24.6. The molecule has 38 heavy (non-hydrogen) atoms. The molecule has 0 aromatic rings. The zero-order valence-electron chi connectivity index (χ0n) is 24.8. The van der Waals surface area contributed by atoms with Crippen molar-refractivity contribution in [1.82, 2.24) is 15.5 Å². The lowest BCUT2D eigenvalue weighted by atomic mass is 10.1. The summed E-state index contributed by atoms with van der Waals surface area (Å²) in [6, 6.07) is -0.152. The molecular formula is C27H54N4O6Si. The summed E-state index contributed by atoms with van der Waals surface area (Å²) in [7, 11) is -1.94. The maximum absolute atomic E-state index is 13.0. The largest absolute Gasteiger partial charge is 0.411 e. The van der Waals surface area contributed by atoms with Crippen molar-refractivity contribution < 1.29 is 28.2 Å². The van der Waals surface area contributed by atoms with Gasteiger partial charge in [0.25, 0.3) is 0 Å². The van der Waals surface area contributed by atoms with Crippen LogP contribution in [0.25, 0.3) is 0 Å². The summed E-state index contributed by atoms with van der Waals surface area (Å²) in [5, 5.41) is 6.60. The summed E-state index contributed by atoms with van der Waals surface area (Å²) in [6.45, 7) is 20.3. The smallest absolute Gasteiger partial charge is 0.325 e. The van der Waals surface area contributed by atoms with Crippen molar-refractivity contribution in [3.8, 4) is 0 Å². The number of nitrogens with two attached hydrogens (primary N) is 1. The fraction of sp³-hybridized carbons (Fsp3) is 0.889. The van der Waals surface area contributed by atoms with Crippen LogP contribution in [0.4, 0.5) is 4.79 Å². The minimum atomic E-state index is -1.94. The number of carbonyl (C=O) groups is 1. The highest BCUT2D eigenvalue weighted by Gasteiger charge is 2.46. The third-order valence-electron chi connectivity index (χ3n) is 7.50. The van der Waals surface area contributed by atoms with Crippen molar-refractivity contribution in [3.63, 3.8) is 0 Å². The molecule has 0 spiro atoms. The van der Waals surface area contributed by atoms with Gasteiger partial charge in [-0.2, -0.15) is 0 Å². The van der Waals surface area contributed by atoms with Crippen LogP contribution < -0.4 is 16.4 Å². The lowest BCUT2D eigenvalue weighted by Crippen LogP contribution is -2.56. The van der Waals surface area contributed by atoms with Gasteiger partial charge in [-0.3, -0.25) is 10.2 Å². The highest BCUT2D eigenvalue weighted by Crippen LogP contribution is 2.40. The van der Waals surface area contributed by atoms with Gasteiger partial charge in [0.2, 0.25) is 0 Å². The Bertz CT molecular complexity index is 733. The van der Waals surface area contributed by atoms with Crippen LogP contribution in [0.5, 0.6) is 0 Å². The molecule has 2 aliphatic rings. The number of urea groups is 1. The molecule has 0 aromatic carbocycles. The van der Waals surface area contributed by atoms with Crippen LogP contribution in [0.3, 0.4) is 0 Å². The molecule has 4 unspecified atom stereocenters. The van der Waals surface area contributed by atoms with Crippen LogP contribution >= 0.6 is 0 Å². The van der Waals surface area contributed by atoms with Gasteiger partial charge in [0.15, 0.2) is 8.32 Å². The Morgan fingerprint density at radius 2 is 1.71 bits per heavy atom. The number of amides is 2. The van der Waals surface area contributed by atoms with Crippen molar-refractivity contribution >= 4 is 14.3 Å². The number of nitrogens with zero attached hydrogens (tertiary/aromatic N) is 1. The Morgan fingerprint density at radius 1 is 1.11 bits per heavy atom. The van der Waals surface area contributed by atoms with E-state index in [4.69, 9.17) is 29.1 Å². The highest BCUT2D eigenvalue weighted by molar-refractivity contribution is 6.74. The van der Waals surface area contributed by atoms with Crippen molar-refractivity contribution in [3.05, 3.63) is 11.8 Å². The molecule has 222 valence electrons. The van der Waals surface area contributed by atoms with E-state index in [1.54, 1.807) is 4.90 Å². The molecule has 1 fully saturated rings. The number of rotatable bonds is 18. The van der Waals surface area contributed by atoms with Crippen LogP contribution in [0.1, 0.15) is 60.3 Å². The first-order chi connectivity index (χ1) is 18.0. The highest BCUT2D eigenvalue weighted by atomic mass is 28.4. The van der Waals surface area contributed by atoms with Gasteiger partial charge >= 0.3 is 6.03 Å². The second-order valence-electron chi connectivity index (χ2n) is 11.6. The standard InChI is InChI=1S/C27H54N4O6Si/c1-8-22-23(37-38(6,7)27(3,4)5)19-24(36-22)31-20-21(2)25(30-26(31)32)29-12-10-14-34-16-18-35-17-15-33-13-9-11-28/h20,22-25,29H,8-19,28H2,1-7H3,(H,30,32). The summed E-state index contributed by atoms with van der Waals surface area (Å²) in [5.41, 5.74) is 6.46. The summed E-state index contributed by atoms with van der Waals surface area (Å²) < 4.78 is 29.5. The second-order valence-corrected chi connectivity index (χ2v) is 16.4. The van der Waals surface area contributed by atoms with Crippen LogP contribution in [0.2, 0.25) is 18.1 Å². The number of hydrogen-bond donors (Lipinski definition) is 3. The summed E-state index contributed by atoms with van der Waals surface area (Å²) in [4.78, 5) is 14.7. The van der Waals surface area contributed by atoms with Gasteiger partial charge in [0.1, 0.15) is 12.4 Å². The van der Waals surface area contributed by atoms with Gasteiger partial charge in [-0.15, -0.1) is 0 Å². The maximum atomic E-state index is 13.0. The number of nitrogens with one attached hydrogen (secondary N) is 2. The molecular weight excluding hydrogens is 504 g/mol. The average Bonchev–Trinajstić information content (AvgIpc) is 3.24. The SMILES string of the molecule is CCC1OC(N2C=C(C)C(NCCCOCCOCCOCCCN)NC2=O)CC1O[Si](C)(C)C(C)(C)C. The third kappa shape index (κ3) is 10.5. The first-order valence-corrected chi connectivity index (χ1v) is 17.2. The Labute approximate surface area is 231 Å². The summed E-state index contributed by atoms with van der Waals surface area (Å²) in [5.74, 6) is 0. The fourth-order valence-electron chi connectivity index (χ4n) is 4.15. The van der Waals surface area contributed by atoms with E-state index >= 15 is 0 Å². The first kappa shape index (κ1) is 33.2. The van der Waals surface area contributed by atoms with Crippen molar-refractivity contribution in [1.29, 1.82) is 0 Å². The number of ether oxygens (including phenoxy) is 4. The molecule has 2 aliphatic heterocycles. The molecule has 10 nitrogen and oxygen atoms in total. The fourth-order valence-corrected chi connectivity index (χ4v) is 5.51. The van der Waals surface area contributed by atoms with Crippen LogP contribution in [-0.2, 0) is 23.4 Å². The van der Waals surface area contributed by atoms with Gasteiger partial charge in [0.05, 0.1) is 38.6 Å². The van der Waals surface area contributed by atoms with Crippen LogP contribution in [0.15, 0.2) is 11.8 Å². The molecule has 0 radical (unpaired) electrons. The lowest BCUT2D eigenvalue weighted by molar-refractivity contribution is -0.0325. The van der Waals surface area contributed by atoms with E-state index in [0.717, 1.165) is 31.4 Å². The van der Waals surface area contributed by atoms with E-state index < -0.39 is 8.32 Å². The van der Waals surface area contributed by atoms with Crippen molar-refractivity contribution in [2.75, 3.05) is 52.7 Å². The average molecular weight is 559 g/mol. The number of hydrogen-bond acceptors (Lipinski definition) is 8. The Morgan fingerprint density at radius 3 is 2.29 bits per heavy atom. The first-order valence-electron chi connectivity index (χ1n) is 14.3. The molecule has 2 rings (SSSR count). The van der Waals surface area contributed by atoms with E-state index in [9.17, 15) is 4.79 Å². The topological polar surface area (TPSA) is 117 Å². The number of carbonyl (C=O) groups excluding carboxylic acids is 1. The Kier molecular flexibility index (Phi) is 14.2. The minimum Gasteiger partial charge on any atom is -0.411 e. The lowest BCUT2D eigenvalue weighted by Gasteiger charge is -2.39. The Hall–Kier alpha value is -1.05. The molecule has 4 N–H and O–H groups in total.